The van der Waals surface area contributed by atoms with Gasteiger partial charge in [-0.15, -0.1) is 0 Å². The number of allylic oxidation sites excluding steroid dienone is 2. The van der Waals surface area contributed by atoms with E-state index in [-0.39, 0.29) is 5.03 Å². The van der Waals surface area contributed by atoms with Crippen LogP contribution in [-0.4, -0.2) is 32.7 Å². The summed E-state index contributed by atoms with van der Waals surface area (Å²) >= 11 is 0. The lowest BCUT2D eigenvalue weighted by Gasteiger charge is -2.12. The molecule has 1 aliphatic rings. The van der Waals surface area contributed by atoms with Gasteiger partial charge in [0.2, 0.25) is 0 Å². The summed E-state index contributed by atoms with van der Waals surface area (Å²) in [4.78, 5) is 15.9. The predicted molar refractivity (Wildman–Crippen MR) is 100 cm³/mol. The van der Waals surface area contributed by atoms with Gasteiger partial charge in [-0.05, 0) is 41.0 Å². The van der Waals surface area contributed by atoms with E-state index >= 15 is 0 Å². The monoisotopic (exact) mass is 423 g/mol. The van der Waals surface area contributed by atoms with Crippen molar-refractivity contribution >= 4 is 27.0 Å². The van der Waals surface area contributed by atoms with Gasteiger partial charge >= 0.3 is 12.1 Å². The molecule has 0 saturated carbocycles. The number of alkyl halides is 3. The first-order valence-electron chi connectivity index (χ1n) is 8.36. The quantitative estimate of drug-likeness (QED) is 0.700. The lowest BCUT2D eigenvalue weighted by atomic mass is 9.95. The van der Waals surface area contributed by atoms with E-state index in [9.17, 15) is 26.4 Å². The number of pyridine rings is 1. The summed E-state index contributed by atoms with van der Waals surface area (Å²) in [7, 11) is -2.24. The van der Waals surface area contributed by atoms with E-state index in [1.54, 1.807) is 12.2 Å². The predicted octanol–water partition coefficient (Wildman–Crippen LogP) is 3.77. The van der Waals surface area contributed by atoms with Crippen molar-refractivity contribution in [2.24, 2.45) is 5.92 Å². The smallest absolute Gasteiger partial charge is 0.416 e. The van der Waals surface area contributed by atoms with Gasteiger partial charge in [-0.2, -0.15) is 13.2 Å². The Bertz CT molecular complexity index is 1100. The average Bonchev–Trinajstić information content (AvgIpc) is 3.11. The van der Waals surface area contributed by atoms with E-state index in [0.717, 1.165) is 18.4 Å². The van der Waals surface area contributed by atoms with Crippen molar-refractivity contribution < 1.29 is 31.1 Å². The molecule has 3 rings (SSSR count). The highest BCUT2D eigenvalue weighted by Gasteiger charge is 2.31. The highest BCUT2D eigenvalue weighted by molar-refractivity contribution is 7.90. The lowest BCUT2D eigenvalue weighted by molar-refractivity contribution is -0.142. The average molecular weight is 423 g/mol. The summed E-state index contributed by atoms with van der Waals surface area (Å²) in [6.07, 6.45) is 1.12. The van der Waals surface area contributed by atoms with Crippen molar-refractivity contribution in [2.45, 2.75) is 11.2 Å². The number of esters is 1. The standard InChI is InChI=1S/C20H16F3NO4S/c1-28-19(25)14-9-16(12-3-6-15(7-4-12)20(21,22)23)17(10-14)13-5-8-18(24-11-13)29(2,26)27/h3-11,14H,1-2H3. The summed E-state index contributed by atoms with van der Waals surface area (Å²) < 4.78 is 66.5. The van der Waals surface area contributed by atoms with E-state index in [2.05, 4.69) is 4.98 Å². The largest absolute Gasteiger partial charge is 0.468 e. The molecular formula is C20H16F3NO4S. The number of carbonyl (C=O) groups is 1. The number of hydrogen-bond donors (Lipinski definition) is 0. The molecule has 1 aromatic carbocycles. The maximum absolute atomic E-state index is 12.8. The second-order valence-electron chi connectivity index (χ2n) is 6.44. The molecule has 0 aliphatic heterocycles. The van der Waals surface area contributed by atoms with Crippen molar-refractivity contribution in [3.63, 3.8) is 0 Å². The molecule has 0 fully saturated rings. The van der Waals surface area contributed by atoms with Crippen molar-refractivity contribution in [3.05, 3.63) is 71.4 Å². The molecule has 0 N–H and O–H groups in total. The van der Waals surface area contributed by atoms with Crippen molar-refractivity contribution in [2.75, 3.05) is 13.4 Å². The number of rotatable bonds is 4. The Morgan fingerprint density at radius 1 is 1.00 bits per heavy atom. The number of benzene rings is 1. The Labute approximate surface area is 165 Å². The van der Waals surface area contributed by atoms with E-state index in [0.29, 0.717) is 22.3 Å². The highest BCUT2D eigenvalue weighted by Crippen LogP contribution is 2.40. The van der Waals surface area contributed by atoms with Crippen molar-refractivity contribution in [3.8, 4) is 0 Å². The Morgan fingerprint density at radius 2 is 1.55 bits per heavy atom. The van der Waals surface area contributed by atoms with E-state index in [1.807, 2.05) is 0 Å². The summed E-state index contributed by atoms with van der Waals surface area (Å²) in [6.45, 7) is 0. The van der Waals surface area contributed by atoms with Gasteiger partial charge in [0, 0.05) is 18.0 Å². The van der Waals surface area contributed by atoms with Crippen molar-refractivity contribution in [1.29, 1.82) is 0 Å². The molecule has 9 heteroatoms. The van der Waals surface area contributed by atoms with Gasteiger partial charge in [-0.1, -0.05) is 24.3 Å². The van der Waals surface area contributed by atoms with Crippen LogP contribution in [0.25, 0.3) is 11.1 Å². The Kier molecular flexibility index (Phi) is 5.36. The lowest BCUT2D eigenvalue weighted by Crippen LogP contribution is -2.09. The van der Waals surface area contributed by atoms with Gasteiger partial charge < -0.3 is 4.74 Å². The summed E-state index contributed by atoms with van der Waals surface area (Å²) in [5.41, 5.74) is 1.29. The summed E-state index contributed by atoms with van der Waals surface area (Å²) in [5, 5.41) is -0.107. The number of methoxy groups -OCH3 is 1. The third kappa shape index (κ3) is 4.40. The van der Waals surface area contributed by atoms with Crippen LogP contribution in [-0.2, 0) is 25.5 Å². The third-order valence-corrected chi connectivity index (χ3v) is 5.41. The number of ether oxygens (including phenoxy) is 1. The molecule has 0 spiro atoms. The fourth-order valence-electron chi connectivity index (χ4n) is 2.96. The summed E-state index contributed by atoms with van der Waals surface area (Å²) in [6, 6.07) is 7.43. The maximum Gasteiger partial charge on any atom is 0.416 e. The minimum Gasteiger partial charge on any atom is -0.468 e. The second-order valence-corrected chi connectivity index (χ2v) is 8.40. The minimum atomic E-state index is -4.46. The van der Waals surface area contributed by atoms with Crippen LogP contribution in [0, 0.1) is 5.92 Å². The SMILES string of the molecule is COC(=O)C1C=C(c2ccc(C(F)(F)F)cc2)C(c2ccc(S(C)(=O)=O)nc2)=C1. The number of nitrogens with zero attached hydrogens (tertiary/aromatic N) is 1. The van der Waals surface area contributed by atoms with Crippen LogP contribution < -0.4 is 0 Å². The molecule has 1 heterocycles. The second kappa shape index (κ2) is 7.47. The molecule has 0 saturated heterocycles. The van der Waals surface area contributed by atoms with Gasteiger partial charge in [0.1, 0.15) is 0 Å². The van der Waals surface area contributed by atoms with Crippen LogP contribution in [0.5, 0.6) is 0 Å². The van der Waals surface area contributed by atoms with Crippen LogP contribution >= 0.6 is 0 Å². The third-order valence-electron chi connectivity index (χ3n) is 4.41. The summed E-state index contributed by atoms with van der Waals surface area (Å²) in [5.74, 6) is -1.24. The number of sulfone groups is 1. The Hall–Kier alpha value is -2.94. The van der Waals surface area contributed by atoms with Crippen LogP contribution in [0.4, 0.5) is 13.2 Å². The van der Waals surface area contributed by atoms with Gasteiger partial charge in [-0.3, -0.25) is 4.79 Å². The van der Waals surface area contributed by atoms with Gasteiger partial charge in [0.15, 0.2) is 14.9 Å². The van der Waals surface area contributed by atoms with Crippen LogP contribution in [0.3, 0.4) is 0 Å². The Balaban J connectivity index is 2.04. The number of hydrogen-bond acceptors (Lipinski definition) is 5. The zero-order chi connectivity index (χ0) is 21.4. The van der Waals surface area contributed by atoms with Crippen LogP contribution in [0.15, 0.2) is 59.8 Å². The minimum absolute atomic E-state index is 0.107. The number of carbonyl (C=O) groups excluding carboxylic acids is 1. The van der Waals surface area contributed by atoms with Gasteiger partial charge in [0.25, 0.3) is 0 Å². The van der Waals surface area contributed by atoms with Gasteiger partial charge in [0.05, 0.1) is 18.6 Å². The first kappa shape index (κ1) is 20.8. The fourth-order valence-corrected chi connectivity index (χ4v) is 3.52. The number of aromatic nitrogens is 1. The molecule has 1 aromatic heterocycles. The first-order valence-corrected chi connectivity index (χ1v) is 10.3. The van der Waals surface area contributed by atoms with Crippen LogP contribution in [0.2, 0.25) is 0 Å². The normalized spacial score (nSPS) is 16.9. The first-order chi connectivity index (χ1) is 13.5. The molecule has 5 nitrogen and oxygen atoms in total. The molecule has 1 atom stereocenters. The maximum atomic E-state index is 12.8. The molecule has 29 heavy (non-hydrogen) atoms. The molecule has 2 aromatic rings. The molecule has 1 unspecified atom stereocenters. The van der Waals surface area contributed by atoms with Crippen molar-refractivity contribution in [1.82, 2.24) is 4.98 Å². The zero-order valence-corrected chi connectivity index (χ0v) is 16.2. The Morgan fingerprint density at radius 3 is 2.00 bits per heavy atom. The highest BCUT2D eigenvalue weighted by atomic mass is 32.2. The molecule has 0 amide bonds. The van der Waals surface area contributed by atoms with E-state index in [4.69, 9.17) is 4.74 Å². The molecule has 1 aliphatic carbocycles. The zero-order valence-electron chi connectivity index (χ0n) is 15.4. The van der Waals surface area contributed by atoms with E-state index < -0.39 is 33.5 Å². The topological polar surface area (TPSA) is 73.3 Å². The van der Waals surface area contributed by atoms with E-state index in [1.165, 1.54) is 37.6 Å². The fraction of sp³-hybridized carbons (Fsp3) is 0.200. The number of halogens is 3. The molecule has 152 valence electrons. The molecule has 0 bridgehead atoms. The van der Waals surface area contributed by atoms with Crippen LogP contribution in [0.1, 0.15) is 16.7 Å². The molecule has 0 radical (unpaired) electrons. The molecular weight excluding hydrogens is 407 g/mol. The van der Waals surface area contributed by atoms with Gasteiger partial charge in [-0.25, -0.2) is 13.4 Å².